The van der Waals surface area contributed by atoms with Gasteiger partial charge < -0.3 is 25.6 Å². The van der Waals surface area contributed by atoms with Crippen LogP contribution in [0.3, 0.4) is 0 Å². The van der Waals surface area contributed by atoms with Crippen LogP contribution >= 0.6 is 0 Å². The summed E-state index contributed by atoms with van der Waals surface area (Å²) < 4.78 is 5.24. The Kier molecular flexibility index (Phi) is 7.64. The Morgan fingerprint density at radius 2 is 1.55 bits per heavy atom. The van der Waals surface area contributed by atoms with E-state index in [0.29, 0.717) is 33.9 Å². The molecule has 0 atom stereocenters. The van der Waals surface area contributed by atoms with Gasteiger partial charge in [0.25, 0.3) is 11.8 Å². The molecule has 8 nitrogen and oxygen atoms in total. The number of carbonyl (C=O) groups excluding carboxylic acids is 3. The van der Waals surface area contributed by atoms with Crippen molar-refractivity contribution in [1.29, 1.82) is 0 Å². The molecule has 3 amide bonds. The maximum atomic E-state index is 12.5. The van der Waals surface area contributed by atoms with Crippen LogP contribution in [0.1, 0.15) is 20.7 Å². The van der Waals surface area contributed by atoms with E-state index in [9.17, 15) is 14.4 Å². The molecule has 0 unspecified atom stereocenters. The van der Waals surface area contributed by atoms with Crippen molar-refractivity contribution >= 4 is 34.8 Å². The molecule has 0 aliphatic rings. The number of nitrogens with zero attached hydrogens (tertiary/aromatic N) is 1. The van der Waals surface area contributed by atoms with Crippen LogP contribution in [-0.4, -0.2) is 50.4 Å². The second kappa shape index (κ2) is 10.8. The van der Waals surface area contributed by atoms with Gasteiger partial charge in [-0.05, 0) is 54.6 Å². The Morgan fingerprint density at radius 1 is 0.818 bits per heavy atom. The number of benzene rings is 3. The third-order valence-corrected chi connectivity index (χ3v) is 4.75. The van der Waals surface area contributed by atoms with Crippen LogP contribution < -0.4 is 20.7 Å². The molecule has 0 aromatic heterocycles. The summed E-state index contributed by atoms with van der Waals surface area (Å²) in [6.45, 7) is 0.0235. The number of carbonyl (C=O) groups is 3. The van der Waals surface area contributed by atoms with E-state index >= 15 is 0 Å². The van der Waals surface area contributed by atoms with Crippen LogP contribution in [0.2, 0.25) is 0 Å². The first kappa shape index (κ1) is 23.3. The molecule has 3 aromatic carbocycles. The highest BCUT2D eigenvalue weighted by Crippen LogP contribution is 2.24. The average molecular weight is 447 g/mol. The first-order chi connectivity index (χ1) is 15.9. The minimum atomic E-state index is -0.286. The fourth-order valence-corrected chi connectivity index (χ4v) is 3.06. The lowest BCUT2D eigenvalue weighted by molar-refractivity contribution is -0.114. The first-order valence-electron chi connectivity index (χ1n) is 10.3. The maximum absolute atomic E-state index is 12.5. The number of amides is 3. The molecule has 33 heavy (non-hydrogen) atoms. The van der Waals surface area contributed by atoms with Gasteiger partial charge in [-0.25, -0.2) is 0 Å². The summed E-state index contributed by atoms with van der Waals surface area (Å²) in [5.74, 6) is -0.0893. The van der Waals surface area contributed by atoms with E-state index in [4.69, 9.17) is 4.74 Å². The summed E-state index contributed by atoms with van der Waals surface area (Å²) in [4.78, 5) is 38.4. The Bertz CT molecular complexity index is 1140. The lowest BCUT2D eigenvalue weighted by Gasteiger charge is -2.12. The zero-order valence-corrected chi connectivity index (χ0v) is 18.7. The Hall–Kier alpha value is -4.33. The summed E-state index contributed by atoms with van der Waals surface area (Å²) in [7, 11) is 4.91. The largest absolute Gasteiger partial charge is 0.495 e. The number of hydrogen-bond acceptors (Lipinski definition) is 5. The van der Waals surface area contributed by atoms with Crippen LogP contribution in [-0.2, 0) is 4.79 Å². The van der Waals surface area contributed by atoms with Crippen molar-refractivity contribution in [2.24, 2.45) is 0 Å². The van der Waals surface area contributed by atoms with Crippen molar-refractivity contribution in [1.82, 2.24) is 4.90 Å². The van der Waals surface area contributed by atoms with Gasteiger partial charge >= 0.3 is 0 Å². The Labute approximate surface area is 192 Å². The van der Waals surface area contributed by atoms with Gasteiger partial charge in [-0.3, -0.25) is 14.4 Å². The van der Waals surface area contributed by atoms with Crippen LogP contribution in [0.15, 0.2) is 72.8 Å². The molecule has 0 aliphatic carbocycles. The van der Waals surface area contributed by atoms with Crippen LogP contribution in [0.5, 0.6) is 5.75 Å². The predicted octanol–water partition coefficient (Wildman–Crippen LogP) is 3.70. The molecular formula is C25H26N4O4. The van der Waals surface area contributed by atoms with Crippen molar-refractivity contribution in [3.8, 4) is 5.75 Å². The molecule has 170 valence electrons. The molecule has 0 fully saturated rings. The Morgan fingerprint density at radius 3 is 2.24 bits per heavy atom. The quantitative estimate of drug-likeness (QED) is 0.490. The summed E-state index contributed by atoms with van der Waals surface area (Å²) in [6, 6.07) is 20.7. The molecule has 0 radical (unpaired) electrons. The van der Waals surface area contributed by atoms with Gasteiger partial charge in [0, 0.05) is 36.6 Å². The van der Waals surface area contributed by atoms with Gasteiger partial charge in [-0.2, -0.15) is 0 Å². The normalized spacial score (nSPS) is 10.2. The molecule has 3 N–H and O–H groups in total. The highest BCUT2D eigenvalue weighted by molar-refractivity contribution is 6.05. The molecule has 0 heterocycles. The van der Waals surface area contributed by atoms with Crippen LogP contribution in [0.25, 0.3) is 0 Å². The zero-order chi connectivity index (χ0) is 23.8. The molecular weight excluding hydrogens is 420 g/mol. The second-order valence-electron chi connectivity index (χ2n) is 7.41. The van der Waals surface area contributed by atoms with Gasteiger partial charge in [-0.15, -0.1) is 0 Å². The van der Waals surface area contributed by atoms with E-state index in [0.717, 1.165) is 0 Å². The first-order valence-corrected chi connectivity index (χ1v) is 10.3. The molecule has 3 rings (SSSR count). The summed E-state index contributed by atoms with van der Waals surface area (Å²) in [6.07, 6.45) is 0. The second-order valence-corrected chi connectivity index (χ2v) is 7.41. The third kappa shape index (κ3) is 6.33. The van der Waals surface area contributed by atoms with Gasteiger partial charge in [0.15, 0.2) is 0 Å². The van der Waals surface area contributed by atoms with Gasteiger partial charge in [0.2, 0.25) is 5.91 Å². The molecule has 0 aliphatic heterocycles. The number of ether oxygens (including phenoxy) is 1. The van der Waals surface area contributed by atoms with E-state index in [2.05, 4.69) is 16.0 Å². The molecule has 8 heteroatoms. The fraction of sp³-hybridized carbons (Fsp3) is 0.160. The van der Waals surface area contributed by atoms with E-state index in [1.54, 1.807) is 80.8 Å². The maximum Gasteiger partial charge on any atom is 0.255 e. The lowest BCUT2D eigenvalue weighted by Crippen LogP contribution is -2.23. The van der Waals surface area contributed by atoms with Crippen molar-refractivity contribution in [2.45, 2.75) is 0 Å². The van der Waals surface area contributed by atoms with Crippen molar-refractivity contribution in [3.05, 3.63) is 83.9 Å². The van der Waals surface area contributed by atoms with E-state index in [1.165, 1.54) is 12.0 Å². The van der Waals surface area contributed by atoms with E-state index in [1.807, 2.05) is 6.07 Å². The summed E-state index contributed by atoms with van der Waals surface area (Å²) >= 11 is 0. The minimum Gasteiger partial charge on any atom is -0.495 e. The monoisotopic (exact) mass is 446 g/mol. The van der Waals surface area contributed by atoms with E-state index in [-0.39, 0.29) is 24.3 Å². The average Bonchev–Trinajstić information content (AvgIpc) is 2.83. The minimum absolute atomic E-state index is 0.0235. The molecule has 0 bridgehead atoms. The third-order valence-electron chi connectivity index (χ3n) is 4.75. The number of rotatable bonds is 8. The van der Waals surface area contributed by atoms with Gasteiger partial charge in [0.1, 0.15) is 5.75 Å². The smallest absolute Gasteiger partial charge is 0.255 e. The van der Waals surface area contributed by atoms with Crippen LogP contribution in [0, 0.1) is 0 Å². The van der Waals surface area contributed by atoms with E-state index < -0.39 is 0 Å². The van der Waals surface area contributed by atoms with Crippen molar-refractivity contribution < 1.29 is 19.1 Å². The number of para-hydroxylation sites is 2. The molecule has 0 saturated carbocycles. The number of nitrogens with one attached hydrogen (secondary N) is 3. The summed E-state index contributed by atoms with van der Waals surface area (Å²) in [5.41, 5.74) is 2.78. The lowest BCUT2D eigenvalue weighted by atomic mass is 10.1. The molecule has 0 saturated heterocycles. The number of anilines is 3. The SMILES string of the molecule is COc1ccccc1NC(=O)c1ccc(NC(=O)CNc2cccc(C(=O)N(C)C)c2)cc1. The van der Waals surface area contributed by atoms with Crippen molar-refractivity contribution in [3.63, 3.8) is 0 Å². The van der Waals surface area contributed by atoms with Crippen LogP contribution in [0.4, 0.5) is 17.1 Å². The fourth-order valence-electron chi connectivity index (χ4n) is 3.06. The standard InChI is InChI=1S/C25H26N4O4/c1-29(2)25(32)18-7-6-8-20(15-18)26-16-23(30)27-19-13-11-17(12-14-19)24(31)28-21-9-4-5-10-22(21)33-3/h4-15,26H,16H2,1-3H3,(H,27,30)(H,28,31). The highest BCUT2D eigenvalue weighted by atomic mass is 16.5. The number of methoxy groups -OCH3 is 1. The highest BCUT2D eigenvalue weighted by Gasteiger charge is 2.11. The topological polar surface area (TPSA) is 99.8 Å². The number of hydrogen-bond donors (Lipinski definition) is 3. The van der Waals surface area contributed by atoms with Crippen molar-refractivity contribution in [2.75, 3.05) is 43.7 Å². The van der Waals surface area contributed by atoms with Gasteiger partial charge in [-0.1, -0.05) is 18.2 Å². The predicted molar refractivity (Wildman–Crippen MR) is 129 cm³/mol. The molecule has 3 aromatic rings. The van der Waals surface area contributed by atoms with Gasteiger partial charge in [0.05, 0.1) is 19.3 Å². The molecule has 0 spiro atoms. The summed E-state index contributed by atoms with van der Waals surface area (Å²) in [5, 5.41) is 8.59. The zero-order valence-electron chi connectivity index (χ0n) is 18.7. The Balaban J connectivity index is 1.54.